The van der Waals surface area contributed by atoms with Gasteiger partial charge >= 0.3 is 0 Å². The molecule has 0 aliphatic carbocycles. The molecule has 2 amide bonds. The van der Waals surface area contributed by atoms with Crippen LogP contribution in [-0.4, -0.2) is 31.4 Å². The zero-order valence-corrected chi connectivity index (χ0v) is 11.6. The molecule has 0 heterocycles. The number of rotatable bonds is 10. The second-order valence-corrected chi connectivity index (χ2v) is 4.90. The van der Waals surface area contributed by atoms with Crippen LogP contribution in [0.15, 0.2) is 0 Å². The molecule has 106 valence electrons. The standard InChI is InChI=1S/C13H27N3O2/c1-11(2)10-13(18)16-9-8-15-12(17)6-4-3-5-7-14/h11H,3-10,14H2,1-2H3,(H,15,17)(H,16,18). The maximum absolute atomic E-state index is 11.4. The molecule has 0 aromatic carbocycles. The Balaban J connectivity index is 3.37. The largest absolute Gasteiger partial charge is 0.354 e. The summed E-state index contributed by atoms with van der Waals surface area (Å²) < 4.78 is 0. The van der Waals surface area contributed by atoms with E-state index < -0.39 is 0 Å². The van der Waals surface area contributed by atoms with Crippen molar-refractivity contribution >= 4 is 11.8 Å². The maximum Gasteiger partial charge on any atom is 0.220 e. The molecule has 18 heavy (non-hydrogen) atoms. The quantitative estimate of drug-likeness (QED) is 0.506. The van der Waals surface area contributed by atoms with Crippen molar-refractivity contribution in [3.8, 4) is 0 Å². The minimum absolute atomic E-state index is 0.0437. The number of unbranched alkanes of at least 4 members (excludes halogenated alkanes) is 2. The second-order valence-electron chi connectivity index (χ2n) is 4.90. The normalized spacial score (nSPS) is 10.4. The molecule has 0 bridgehead atoms. The third kappa shape index (κ3) is 11.4. The molecule has 5 heteroatoms. The van der Waals surface area contributed by atoms with Gasteiger partial charge in [0.05, 0.1) is 0 Å². The molecule has 0 saturated carbocycles. The Hall–Kier alpha value is -1.10. The van der Waals surface area contributed by atoms with E-state index in [2.05, 4.69) is 10.6 Å². The van der Waals surface area contributed by atoms with Crippen LogP contribution in [0.25, 0.3) is 0 Å². The summed E-state index contributed by atoms with van der Waals surface area (Å²) in [4.78, 5) is 22.7. The fourth-order valence-corrected chi connectivity index (χ4v) is 1.54. The smallest absolute Gasteiger partial charge is 0.220 e. The Morgan fingerprint density at radius 1 is 1.00 bits per heavy atom. The number of carbonyl (C=O) groups is 2. The number of hydrogen-bond acceptors (Lipinski definition) is 3. The highest BCUT2D eigenvalue weighted by Gasteiger charge is 2.04. The first-order chi connectivity index (χ1) is 8.56. The van der Waals surface area contributed by atoms with E-state index in [4.69, 9.17) is 5.73 Å². The Morgan fingerprint density at radius 2 is 1.61 bits per heavy atom. The molecule has 0 fully saturated rings. The number of nitrogens with one attached hydrogen (secondary N) is 2. The third-order valence-corrected chi connectivity index (χ3v) is 2.47. The average Bonchev–Trinajstić information content (AvgIpc) is 2.29. The van der Waals surface area contributed by atoms with Crippen molar-refractivity contribution in [1.82, 2.24) is 10.6 Å². The molecule has 0 atom stereocenters. The van der Waals surface area contributed by atoms with Crippen molar-refractivity contribution in [3.63, 3.8) is 0 Å². The van der Waals surface area contributed by atoms with Gasteiger partial charge in [-0.1, -0.05) is 20.3 Å². The molecule has 0 aliphatic heterocycles. The molecule has 0 spiro atoms. The highest BCUT2D eigenvalue weighted by molar-refractivity contribution is 5.77. The van der Waals surface area contributed by atoms with E-state index in [1.807, 2.05) is 13.8 Å². The molecule has 0 rings (SSSR count). The van der Waals surface area contributed by atoms with E-state index in [1.165, 1.54) is 0 Å². The van der Waals surface area contributed by atoms with E-state index in [1.54, 1.807) is 0 Å². The van der Waals surface area contributed by atoms with Gasteiger partial charge in [0.1, 0.15) is 0 Å². The summed E-state index contributed by atoms with van der Waals surface area (Å²) in [5, 5.41) is 5.56. The van der Waals surface area contributed by atoms with Gasteiger partial charge in [-0.05, 0) is 25.3 Å². The predicted octanol–water partition coefficient (Wildman–Crippen LogP) is 0.784. The zero-order chi connectivity index (χ0) is 13.8. The van der Waals surface area contributed by atoms with Crippen molar-refractivity contribution in [2.45, 2.75) is 46.0 Å². The van der Waals surface area contributed by atoms with Gasteiger partial charge in [0.25, 0.3) is 0 Å². The highest BCUT2D eigenvalue weighted by atomic mass is 16.2. The van der Waals surface area contributed by atoms with Crippen molar-refractivity contribution in [3.05, 3.63) is 0 Å². The number of amides is 2. The van der Waals surface area contributed by atoms with Crippen LogP contribution in [0, 0.1) is 5.92 Å². The third-order valence-electron chi connectivity index (χ3n) is 2.47. The summed E-state index contributed by atoms with van der Waals surface area (Å²) in [5.41, 5.74) is 5.37. The lowest BCUT2D eigenvalue weighted by Gasteiger charge is -2.08. The zero-order valence-electron chi connectivity index (χ0n) is 11.6. The minimum atomic E-state index is 0.0437. The van der Waals surface area contributed by atoms with E-state index in [0.717, 1.165) is 19.3 Å². The molecule has 0 radical (unpaired) electrons. The van der Waals surface area contributed by atoms with E-state index >= 15 is 0 Å². The maximum atomic E-state index is 11.4. The predicted molar refractivity (Wildman–Crippen MR) is 73.0 cm³/mol. The molecular formula is C13H27N3O2. The Morgan fingerprint density at radius 3 is 2.17 bits per heavy atom. The first-order valence-corrected chi connectivity index (χ1v) is 6.79. The van der Waals surface area contributed by atoms with Crippen LogP contribution in [0.3, 0.4) is 0 Å². The van der Waals surface area contributed by atoms with Crippen LogP contribution in [0.2, 0.25) is 0 Å². The summed E-state index contributed by atoms with van der Waals surface area (Å²) >= 11 is 0. The van der Waals surface area contributed by atoms with Crippen molar-refractivity contribution in [2.24, 2.45) is 11.7 Å². The number of carbonyl (C=O) groups excluding carboxylic acids is 2. The lowest BCUT2D eigenvalue weighted by atomic mass is 10.1. The topological polar surface area (TPSA) is 84.2 Å². The van der Waals surface area contributed by atoms with Crippen molar-refractivity contribution in [1.29, 1.82) is 0 Å². The van der Waals surface area contributed by atoms with E-state index in [-0.39, 0.29) is 11.8 Å². The van der Waals surface area contributed by atoms with Crippen LogP contribution in [0.1, 0.15) is 46.0 Å². The molecular weight excluding hydrogens is 230 g/mol. The molecule has 0 aliphatic rings. The van der Waals surface area contributed by atoms with Gasteiger partial charge in [0, 0.05) is 25.9 Å². The highest BCUT2D eigenvalue weighted by Crippen LogP contribution is 1.98. The van der Waals surface area contributed by atoms with Gasteiger partial charge in [-0.3, -0.25) is 9.59 Å². The van der Waals surface area contributed by atoms with Gasteiger partial charge in [-0.15, -0.1) is 0 Å². The van der Waals surface area contributed by atoms with Crippen LogP contribution in [0.5, 0.6) is 0 Å². The molecule has 5 nitrogen and oxygen atoms in total. The number of nitrogens with two attached hydrogens (primary N) is 1. The summed E-state index contributed by atoms with van der Waals surface area (Å²) in [6, 6.07) is 0. The van der Waals surface area contributed by atoms with Crippen molar-refractivity contribution in [2.75, 3.05) is 19.6 Å². The van der Waals surface area contributed by atoms with Crippen LogP contribution >= 0.6 is 0 Å². The lowest BCUT2D eigenvalue weighted by Crippen LogP contribution is -2.34. The number of hydrogen-bond donors (Lipinski definition) is 3. The van der Waals surface area contributed by atoms with Gasteiger partial charge in [-0.25, -0.2) is 0 Å². The molecule has 0 aromatic heterocycles. The molecule has 4 N–H and O–H groups in total. The SMILES string of the molecule is CC(C)CC(=O)NCCNC(=O)CCCCCN. The van der Waals surface area contributed by atoms with Gasteiger partial charge in [-0.2, -0.15) is 0 Å². The van der Waals surface area contributed by atoms with Gasteiger partial charge in [0.2, 0.25) is 11.8 Å². The Kier molecular flexibility index (Phi) is 10.3. The Bertz CT molecular complexity index is 242. The monoisotopic (exact) mass is 257 g/mol. The van der Waals surface area contributed by atoms with Crippen molar-refractivity contribution < 1.29 is 9.59 Å². The molecule has 0 unspecified atom stereocenters. The molecule has 0 saturated heterocycles. The second kappa shape index (κ2) is 11.0. The van der Waals surface area contributed by atoms with E-state index in [0.29, 0.717) is 38.4 Å². The fourth-order valence-electron chi connectivity index (χ4n) is 1.54. The van der Waals surface area contributed by atoms with Crippen LogP contribution in [0.4, 0.5) is 0 Å². The van der Waals surface area contributed by atoms with E-state index in [9.17, 15) is 9.59 Å². The van der Waals surface area contributed by atoms with Crippen LogP contribution in [-0.2, 0) is 9.59 Å². The lowest BCUT2D eigenvalue weighted by molar-refractivity contribution is -0.123. The first kappa shape index (κ1) is 16.9. The summed E-state index contributed by atoms with van der Waals surface area (Å²) in [7, 11) is 0. The van der Waals surface area contributed by atoms with Crippen LogP contribution < -0.4 is 16.4 Å². The summed E-state index contributed by atoms with van der Waals surface area (Å²) in [5.74, 6) is 0.453. The van der Waals surface area contributed by atoms with Gasteiger partial charge in [0.15, 0.2) is 0 Å². The van der Waals surface area contributed by atoms with Gasteiger partial charge < -0.3 is 16.4 Å². The summed E-state index contributed by atoms with van der Waals surface area (Å²) in [6.07, 6.45) is 3.92. The Labute approximate surface area is 110 Å². The minimum Gasteiger partial charge on any atom is -0.354 e. The summed E-state index contributed by atoms with van der Waals surface area (Å²) in [6.45, 7) is 5.69. The molecule has 0 aromatic rings. The fraction of sp³-hybridized carbons (Fsp3) is 0.846. The average molecular weight is 257 g/mol. The first-order valence-electron chi connectivity index (χ1n) is 6.79.